The van der Waals surface area contributed by atoms with Crippen molar-refractivity contribution < 1.29 is 19.1 Å². The van der Waals surface area contributed by atoms with E-state index in [0.29, 0.717) is 42.7 Å². The van der Waals surface area contributed by atoms with E-state index in [1.165, 1.54) is 25.2 Å². The number of amides is 1. The Morgan fingerprint density at radius 3 is 2.63 bits per heavy atom. The van der Waals surface area contributed by atoms with Crippen molar-refractivity contribution in [2.75, 3.05) is 33.2 Å². The van der Waals surface area contributed by atoms with E-state index in [1.54, 1.807) is 12.1 Å². The highest BCUT2D eigenvalue weighted by Gasteiger charge is 2.48. The average molecular weight is 476 g/mol. The molecule has 0 unspecified atom stereocenters. The van der Waals surface area contributed by atoms with Crippen molar-refractivity contribution in [2.24, 2.45) is 5.92 Å². The van der Waals surface area contributed by atoms with E-state index < -0.39 is 5.60 Å². The number of aromatic nitrogens is 2. The summed E-state index contributed by atoms with van der Waals surface area (Å²) in [5.74, 6) is 0.688. The molecule has 1 spiro atoms. The Bertz CT molecular complexity index is 1150. The van der Waals surface area contributed by atoms with E-state index in [9.17, 15) is 9.59 Å². The summed E-state index contributed by atoms with van der Waals surface area (Å²) >= 11 is 0. The molecular weight excluding hydrogens is 446 g/mol. The molecule has 1 saturated carbocycles. The van der Waals surface area contributed by atoms with Crippen LogP contribution in [0.1, 0.15) is 60.3 Å². The lowest BCUT2D eigenvalue weighted by Gasteiger charge is -2.37. The van der Waals surface area contributed by atoms with E-state index >= 15 is 0 Å². The average Bonchev–Trinajstić information content (AvgIpc) is 3.50. The molecular formula is C26H29N5O4. The molecule has 1 aromatic heterocycles. The standard InChI is InChI=1S/C26H29N5O4/c1-30(12-13-31-10-2-3-11-31)24(32)18-6-8-26(9-7-18)22-5-4-19(14-21(22)25(33)35-26)34-20-16-28-23(15-27)29-17-20/h4-5,14,16-18H,2-3,6-13H2,1H3. The van der Waals surface area contributed by atoms with Crippen LogP contribution in [0.15, 0.2) is 30.6 Å². The SMILES string of the molecule is CN(CCN1CCCC1)C(=O)C1CCC2(CC1)OC(=O)c1cc(Oc3cnc(C#N)nc3)ccc12. The number of nitrogens with zero attached hydrogens (tertiary/aromatic N) is 5. The van der Waals surface area contributed by atoms with Crippen molar-refractivity contribution in [1.29, 1.82) is 5.26 Å². The smallest absolute Gasteiger partial charge is 0.339 e. The Labute approximate surface area is 204 Å². The first-order valence-electron chi connectivity index (χ1n) is 12.2. The zero-order valence-electron chi connectivity index (χ0n) is 19.9. The number of carbonyl (C=O) groups excluding carboxylic acids is 2. The van der Waals surface area contributed by atoms with E-state index in [-0.39, 0.29) is 23.6 Å². The molecule has 3 aliphatic rings. The van der Waals surface area contributed by atoms with Crippen molar-refractivity contribution in [3.63, 3.8) is 0 Å². The molecule has 1 aliphatic carbocycles. The summed E-state index contributed by atoms with van der Waals surface area (Å²) in [5, 5.41) is 8.82. The summed E-state index contributed by atoms with van der Waals surface area (Å²) in [5.41, 5.74) is 0.678. The van der Waals surface area contributed by atoms with Crippen LogP contribution >= 0.6 is 0 Å². The Morgan fingerprint density at radius 1 is 1.23 bits per heavy atom. The molecule has 0 atom stereocenters. The Hall–Kier alpha value is -3.51. The lowest BCUT2D eigenvalue weighted by atomic mass is 9.74. The largest absolute Gasteiger partial charge is 0.454 e. The summed E-state index contributed by atoms with van der Waals surface area (Å²) in [6, 6.07) is 7.21. The number of esters is 1. The van der Waals surface area contributed by atoms with Crippen LogP contribution in [0.5, 0.6) is 11.5 Å². The fourth-order valence-corrected chi connectivity index (χ4v) is 5.43. The highest BCUT2D eigenvalue weighted by Crippen LogP contribution is 2.49. The second-order valence-corrected chi connectivity index (χ2v) is 9.63. The highest BCUT2D eigenvalue weighted by atomic mass is 16.6. The van der Waals surface area contributed by atoms with Crippen LogP contribution in [-0.2, 0) is 15.1 Å². The third kappa shape index (κ3) is 4.71. The van der Waals surface area contributed by atoms with Crippen LogP contribution in [0, 0.1) is 17.2 Å². The maximum Gasteiger partial charge on any atom is 0.339 e. The molecule has 0 bridgehead atoms. The van der Waals surface area contributed by atoms with Gasteiger partial charge in [-0.05, 0) is 63.7 Å². The molecule has 9 nitrogen and oxygen atoms in total. The summed E-state index contributed by atoms with van der Waals surface area (Å²) in [7, 11) is 1.90. The van der Waals surface area contributed by atoms with Gasteiger partial charge in [-0.25, -0.2) is 14.8 Å². The fraction of sp³-hybridized carbons (Fsp3) is 0.500. The second kappa shape index (κ2) is 9.62. The molecule has 35 heavy (non-hydrogen) atoms. The zero-order chi connectivity index (χ0) is 24.4. The number of hydrogen-bond acceptors (Lipinski definition) is 8. The molecule has 5 rings (SSSR count). The van der Waals surface area contributed by atoms with Gasteiger partial charge in [-0.15, -0.1) is 0 Å². The monoisotopic (exact) mass is 475 g/mol. The molecule has 2 aromatic rings. The number of nitriles is 1. The number of benzene rings is 1. The van der Waals surface area contributed by atoms with Crippen molar-refractivity contribution in [3.8, 4) is 17.6 Å². The van der Waals surface area contributed by atoms with Gasteiger partial charge in [-0.3, -0.25) is 4.79 Å². The first-order valence-corrected chi connectivity index (χ1v) is 12.2. The summed E-state index contributed by atoms with van der Waals surface area (Å²) in [6.45, 7) is 3.95. The molecule has 1 saturated heterocycles. The van der Waals surface area contributed by atoms with Gasteiger partial charge in [0.25, 0.3) is 0 Å². The van der Waals surface area contributed by atoms with Crippen molar-refractivity contribution >= 4 is 11.9 Å². The summed E-state index contributed by atoms with van der Waals surface area (Å²) in [6.07, 6.45) is 7.98. The minimum absolute atomic E-state index is 0.0362. The van der Waals surface area contributed by atoms with Crippen LogP contribution in [-0.4, -0.2) is 64.9 Å². The predicted octanol–water partition coefficient (Wildman–Crippen LogP) is 3.25. The maximum absolute atomic E-state index is 13.0. The van der Waals surface area contributed by atoms with Crippen molar-refractivity contribution in [1.82, 2.24) is 19.8 Å². The molecule has 9 heteroatoms. The van der Waals surface area contributed by atoms with Crippen LogP contribution in [0.2, 0.25) is 0 Å². The highest BCUT2D eigenvalue weighted by molar-refractivity contribution is 5.95. The lowest BCUT2D eigenvalue weighted by molar-refractivity contribution is -0.137. The van der Waals surface area contributed by atoms with Gasteiger partial charge in [0.15, 0.2) is 5.75 Å². The topological polar surface area (TPSA) is 109 Å². The summed E-state index contributed by atoms with van der Waals surface area (Å²) < 4.78 is 11.7. The molecule has 0 N–H and O–H groups in total. The molecule has 2 aliphatic heterocycles. The van der Waals surface area contributed by atoms with Crippen LogP contribution in [0.4, 0.5) is 0 Å². The number of carbonyl (C=O) groups is 2. The fourth-order valence-electron chi connectivity index (χ4n) is 5.43. The predicted molar refractivity (Wildman–Crippen MR) is 126 cm³/mol. The Kier molecular flexibility index (Phi) is 6.39. The second-order valence-electron chi connectivity index (χ2n) is 9.63. The number of rotatable bonds is 6. The minimum Gasteiger partial charge on any atom is -0.454 e. The summed E-state index contributed by atoms with van der Waals surface area (Å²) in [4.78, 5) is 37.8. The molecule has 182 valence electrons. The van der Waals surface area contributed by atoms with Gasteiger partial charge < -0.3 is 19.3 Å². The van der Waals surface area contributed by atoms with Gasteiger partial charge >= 0.3 is 5.97 Å². The number of hydrogen-bond donors (Lipinski definition) is 0. The van der Waals surface area contributed by atoms with Gasteiger partial charge in [-0.1, -0.05) is 6.07 Å². The third-order valence-corrected chi connectivity index (χ3v) is 7.42. The van der Waals surface area contributed by atoms with Gasteiger partial charge in [0.1, 0.15) is 17.4 Å². The van der Waals surface area contributed by atoms with Crippen LogP contribution in [0.3, 0.4) is 0 Å². The van der Waals surface area contributed by atoms with Crippen molar-refractivity contribution in [3.05, 3.63) is 47.5 Å². The van der Waals surface area contributed by atoms with E-state index in [4.69, 9.17) is 14.7 Å². The number of fused-ring (bicyclic) bond motifs is 2. The normalized spacial score (nSPS) is 23.5. The van der Waals surface area contributed by atoms with Crippen molar-refractivity contribution in [2.45, 2.75) is 44.1 Å². The van der Waals surface area contributed by atoms with Crippen LogP contribution < -0.4 is 4.74 Å². The van der Waals surface area contributed by atoms with Gasteiger partial charge in [0.2, 0.25) is 11.7 Å². The first kappa shape index (κ1) is 23.2. The molecule has 0 radical (unpaired) electrons. The van der Waals surface area contributed by atoms with E-state index in [2.05, 4.69) is 14.9 Å². The maximum atomic E-state index is 13.0. The van der Waals surface area contributed by atoms with Crippen LogP contribution in [0.25, 0.3) is 0 Å². The number of ether oxygens (including phenoxy) is 2. The van der Waals surface area contributed by atoms with E-state index in [0.717, 1.165) is 31.7 Å². The molecule has 1 amide bonds. The Morgan fingerprint density at radius 2 is 1.94 bits per heavy atom. The third-order valence-electron chi connectivity index (χ3n) is 7.42. The van der Waals surface area contributed by atoms with Gasteiger partial charge in [0, 0.05) is 31.6 Å². The van der Waals surface area contributed by atoms with Gasteiger partial charge in [-0.2, -0.15) is 5.26 Å². The van der Waals surface area contributed by atoms with E-state index in [1.807, 2.05) is 24.1 Å². The first-order chi connectivity index (χ1) is 17.0. The molecule has 2 fully saturated rings. The Balaban J connectivity index is 1.22. The lowest BCUT2D eigenvalue weighted by Crippen LogP contribution is -2.41. The number of likely N-dealkylation sites (N-methyl/N-ethyl adjacent to an activating group) is 1. The zero-order valence-corrected chi connectivity index (χ0v) is 19.9. The number of likely N-dealkylation sites (tertiary alicyclic amines) is 1. The quantitative estimate of drug-likeness (QED) is 0.586. The molecule has 1 aromatic carbocycles. The van der Waals surface area contributed by atoms with Gasteiger partial charge in [0.05, 0.1) is 18.0 Å². The molecule has 3 heterocycles. The minimum atomic E-state index is -0.673.